The number of carbonyl (C=O) groups excluding carboxylic acids is 2. The van der Waals surface area contributed by atoms with Gasteiger partial charge in [-0.25, -0.2) is 4.98 Å². The first-order valence-corrected chi connectivity index (χ1v) is 7.96. The summed E-state index contributed by atoms with van der Waals surface area (Å²) in [5, 5.41) is 5.70. The largest absolute Gasteiger partial charge is 0.350 e. The molecule has 2 N–H and O–H groups in total. The quantitative estimate of drug-likeness (QED) is 0.853. The molecule has 0 unspecified atom stereocenters. The number of hydrogen-bond acceptors (Lipinski definition) is 4. The predicted octanol–water partition coefficient (Wildman–Crippen LogP) is 2.24. The van der Waals surface area contributed by atoms with Crippen LogP contribution in [0.5, 0.6) is 0 Å². The second-order valence-corrected chi connectivity index (χ2v) is 5.71. The van der Waals surface area contributed by atoms with E-state index in [0.717, 1.165) is 17.7 Å². The molecular weight excluding hydrogens is 304 g/mol. The van der Waals surface area contributed by atoms with Gasteiger partial charge < -0.3 is 10.6 Å². The fourth-order valence-corrected chi connectivity index (χ4v) is 2.01. The Morgan fingerprint density at radius 2 is 1.96 bits per heavy atom. The fraction of sp³-hybridized carbons (Fsp3) is 0.333. The maximum absolute atomic E-state index is 12.1. The number of benzene rings is 1. The minimum atomic E-state index is -0.294. The van der Waals surface area contributed by atoms with Crippen molar-refractivity contribution in [2.75, 3.05) is 0 Å². The van der Waals surface area contributed by atoms with Crippen LogP contribution >= 0.6 is 0 Å². The monoisotopic (exact) mass is 326 g/mol. The molecule has 0 bridgehead atoms. The number of hydrogen-bond donors (Lipinski definition) is 2. The van der Waals surface area contributed by atoms with Crippen molar-refractivity contribution in [3.8, 4) is 0 Å². The van der Waals surface area contributed by atoms with Gasteiger partial charge in [-0.05, 0) is 38.0 Å². The molecule has 24 heavy (non-hydrogen) atoms. The van der Waals surface area contributed by atoms with Crippen LogP contribution in [0.1, 0.15) is 52.4 Å². The van der Waals surface area contributed by atoms with Gasteiger partial charge >= 0.3 is 0 Å². The first-order valence-electron chi connectivity index (χ1n) is 7.96. The summed E-state index contributed by atoms with van der Waals surface area (Å²) in [5.41, 5.74) is 2.45. The van der Waals surface area contributed by atoms with E-state index in [9.17, 15) is 9.59 Å². The molecule has 0 fully saturated rings. The van der Waals surface area contributed by atoms with Crippen molar-refractivity contribution >= 4 is 11.8 Å². The zero-order valence-electron chi connectivity index (χ0n) is 14.2. The number of nitrogens with zero attached hydrogens (tertiary/aromatic N) is 2. The molecule has 2 rings (SSSR count). The second kappa shape index (κ2) is 8.19. The van der Waals surface area contributed by atoms with Crippen LogP contribution in [-0.4, -0.2) is 27.8 Å². The molecule has 6 heteroatoms. The summed E-state index contributed by atoms with van der Waals surface area (Å²) in [6.07, 6.45) is 3.87. The lowest BCUT2D eigenvalue weighted by Gasteiger charge is -2.12. The van der Waals surface area contributed by atoms with Crippen LogP contribution < -0.4 is 10.6 Å². The highest BCUT2D eigenvalue weighted by atomic mass is 16.2. The third-order valence-corrected chi connectivity index (χ3v) is 3.65. The lowest BCUT2D eigenvalue weighted by atomic mass is 10.1. The van der Waals surface area contributed by atoms with E-state index in [1.165, 1.54) is 6.20 Å². The molecule has 1 aromatic carbocycles. The molecule has 2 aromatic rings. The topological polar surface area (TPSA) is 84.0 Å². The summed E-state index contributed by atoms with van der Waals surface area (Å²) in [4.78, 5) is 32.3. The van der Waals surface area contributed by atoms with Crippen LogP contribution in [0.25, 0.3) is 0 Å². The standard InChI is InChI=1S/C18H22N4O2/c1-4-12(2)22-17(23)15-7-5-6-14(8-15)10-21-18(24)16-11-19-13(3)9-20-16/h5-9,11-12H,4,10H2,1-3H3,(H,21,24)(H,22,23)/t12-/m1/s1. The van der Waals surface area contributed by atoms with Crippen molar-refractivity contribution in [3.05, 3.63) is 59.2 Å². The summed E-state index contributed by atoms with van der Waals surface area (Å²) in [7, 11) is 0. The number of amides is 2. The van der Waals surface area contributed by atoms with Crippen molar-refractivity contribution < 1.29 is 9.59 Å². The fourth-order valence-electron chi connectivity index (χ4n) is 2.01. The van der Waals surface area contributed by atoms with Crippen LogP contribution in [0.4, 0.5) is 0 Å². The van der Waals surface area contributed by atoms with E-state index < -0.39 is 0 Å². The third kappa shape index (κ3) is 4.87. The maximum atomic E-state index is 12.1. The van der Waals surface area contributed by atoms with Gasteiger partial charge in [-0.15, -0.1) is 0 Å². The van der Waals surface area contributed by atoms with Crippen molar-refractivity contribution in [1.29, 1.82) is 0 Å². The van der Waals surface area contributed by atoms with Crippen molar-refractivity contribution in [3.63, 3.8) is 0 Å². The van der Waals surface area contributed by atoms with Gasteiger partial charge in [-0.2, -0.15) is 0 Å². The van der Waals surface area contributed by atoms with E-state index >= 15 is 0 Å². The highest BCUT2D eigenvalue weighted by Gasteiger charge is 2.10. The highest BCUT2D eigenvalue weighted by Crippen LogP contribution is 2.06. The van der Waals surface area contributed by atoms with Crippen LogP contribution in [-0.2, 0) is 6.54 Å². The summed E-state index contributed by atoms with van der Waals surface area (Å²) in [6, 6.07) is 7.33. The van der Waals surface area contributed by atoms with E-state index in [1.54, 1.807) is 24.4 Å². The van der Waals surface area contributed by atoms with Gasteiger partial charge in [-0.1, -0.05) is 19.1 Å². The van der Waals surface area contributed by atoms with Crippen LogP contribution in [0.15, 0.2) is 36.7 Å². The van der Waals surface area contributed by atoms with Crippen LogP contribution in [0.2, 0.25) is 0 Å². The van der Waals surface area contributed by atoms with Gasteiger partial charge in [0.2, 0.25) is 0 Å². The smallest absolute Gasteiger partial charge is 0.271 e. The molecule has 2 amide bonds. The van der Waals surface area contributed by atoms with Crippen LogP contribution in [0, 0.1) is 6.92 Å². The highest BCUT2D eigenvalue weighted by molar-refractivity contribution is 5.94. The SMILES string of the molecule is CC[C@@H](C)NC(=O)c1cccc(CNC(=O)c2cnc(C)cn2)c1. The Morgan fingerprint density at radius 3 is 2.62 bits per heavy atom. The van der Waals surface area contributed by atoms with E-state index in [4.69, 9.17) is 0 Å². The minimum absolute atomic E-state index is 0.109. The Labute approximate surface area is 141 Å². The van der Waals surface area contributed by atoms with E-state index in [2.05, 4.69) is 20.6 Å². The number of aryl methyl sites for hydroxylation is 1. The zero-order chi connectivity index (χ0) is 17.5. The summed E-state index contributed by atoms with van der Waals surface area (Å²) in [5.74, 6) is -0.404. The lowest BCUT2D eigenvalue weighted by molar-refractivity contribution is 0.0935. The molecule has 0 spiro atoms. The molecule has 0 radical (unpaired) electrons. The Hall–Kier alpha value is -2.76. The molecule has 0 saturated heterocycles. The summed E-state index contributed by atoms with van der Waals surface area (Å²) < 4.78 is 0. The first kappa shape index (κ1) is 17.6. The Morgan fingerprint density at radius 1 is 1.17 bits per heavy atom. The Balaban J connectivity index is 1.98. The molecule has 126 valence electrons. The van der Waals surface area contributed by atoms with E-state index in [1.807, 2.05) is 26.8 Å². The molecule has 1 aromatic heterocycles. The molecule has 0 saturated carbocycles. The van der Waals surface area contributed by atoms with Gasteiger partial charge in [0, 0.05) is 24.3 Å². The van der Waals surface area contributed by atoms with Gasteiger partial charge in [0.05, 0.1) is 11.9 Å². The average molecular weight is 326 g/mol. The zero-order valence-corrected chi connectivity index (χ0v) is 14.2. The number of rotatable bonds is 6. The van der Waals surface area contributed by atoms with Gasteiger partial charge in [0.1, 0.15) is 5.69 Å². The molecular formula is C18H22N4O2. The van der Waals surface area contributed by atoms with E-state index in [-0.39, 0.29) is 23.6 Å². The predicted molar refractivity (Wildman–Crippen MR) is 91.6 cm³/mol. The van der Waals surface area contributed by atoms with Crippen molar-refractivity contribution in [2.24, 2.45) is 0 Å². The number of carbonyl (C=O) groups is 2. The molecule has 0 aliphatic heterocycles. The maximum Gasteiger partial charge on any atom is 0.271 e. The average Bonchev–Trinajstić information content (AvgIpc) is 2.60. The summed E-state index contributed by atoms with van der Waals surface area (Å²) in [6.45, 7) is 6.11. The second-order valence-electron chi connectivity index (χ2n) is 5.71. The summed E-state index contributed by atoms with van der Waals surface area (Å²) >= 11 is 0. The van der Waals surface area contributed by atoms with Gasteiger partial charge in [0.15, 0.2) is 0 Å². The van der Waals surface area contributed by atoms with Gasteiger partial charge in [0.25, 0.3) is 11.8 Å². The van der Waals surface area contributed by atoms with Crippen molar-refractivity contribution in [1.82, 2.24) is 20.6 Å². The first-order chi connectivity index (χ1) is 11.5. The molecule has 1 atom stereocenters. The normalized spacial score (nSPS) is 11.6. The number of nitrogens with one attached hydrogen (secondary N) is 2. The molecule has 6 nitrogen and oxygen atoms in total. The van der Waals surface area contributed by atoms with Gasteiger partial charge in [-0.3, -0.25) is 14.6 Å². The molecule has 0 aliphatic rings. The Bertz CT molecular complexity index is 713. The molecule has 1 heterocycles. The minimum Gasteiger partial charge on any atom is -0.350 e. The number of aromatic nitrogens is 2. The van der Waals surface area contributed by atoms with Crippen molar-refractivity contribution in [2.45, 2.75) is 39.8 Å². The lowest BCUT2D eigenvalue weighted by Crippen LogP contribution is -2.32. The van der Waals surface area contributed by atoms with Crippen LogP contribution in [0.3, 0.4) is 0 Å². The Kier molecular flexibility index (Phi) is 6.01. The van der Waals surface area contributed by atoms with E-state index in [0.29, 0.717) is 12.1 Å². The third-order valence-electron chi connectivity index (χ3n) is 3.65. The molecule has 0 aliphatic carbocycles.